The van der Waals surface area contributed by atoms with Gasteiger partial charge in [0.05, 0.1) is 6.54 Å². The number of hydrogen-bond acceptors (Lipinski definition) is 5. The van der Waals surface area contributed by atoms with E-state index in [4.69, 9.17) is 18.0 Å². The normalized spacial score (nSPS) is 9.62. The highest BCUT2D eigenvalue weighted by Crippen LogP contribution is 2.04. The van der Waals surface area contributed by atoms with Crippen LogP contribution in [0.4, 0.5) is 5.95 Å². The molecular formula is C9H13N5OS. The predicted molar refractivity (Wildman–Crippen MR) is 65.2 cm³/mol. The molecule has 0 aliphatic heterocycles. The van der Waals surface area contributed by atoms with Crippen LogP contribution in [0.1, 0.15) is 11.4 Å². The molecule has 0 aliphatic rings. The van der Waals surface area contributed by atoms with Gasteiger partial charge >= 0.3 is 0 Å². The first kappa shape index (κ1) is 12.3. The van der Waals surface area contributed by atoms with Crippen LogP contribution in [0, 0.1) is 6.92 Å². The second-order valence-corrected chi connectivity index (χ2v) is 3.55. The molecule has 0 aliphatic carbocycles. The van der Waals surface area contributed by atoms with Gasteiger partial charge in [-0.3, -0.25) is 4.79 Å². The van der Waals surface area contributed by atoms with E-state index >= 15 is 0 Å². The number of aromatic nitrogens is 2. The van der Waals surface area contributed by atoms with Gasteiger partial charge in [0.15, 0.2) is 0 Å². The Labute approximate surface area is 98.7 Å². The van der Waals surface area contributed by atoms with E-state index in [0.29, 0.717) is 11.6 Å². The average molecular weight is 239 g/mol. The largest absolute Gasteiger partial charge is 0.388 e. The lowest BCUT2D eigenvalue weighted by molar-refractivity contribution is -0.118. The van der Waals surface area contributed by atoms with Crippen LogP contribution in [-0.4, -0.2) is 34.5 Å². The van der Waals surface area contributed by atoms with Crippen molar-refractivity contribution in [3.63, 3.8) is 0 Å². The lowest BCUT2D eigenvalue weighted by Gasteiger charge is -2.06. The van der Waals surface area contributed by atoms with Crippen molar-refractivity contribution in [2.45, 2.75) is 6.92 Å². The third-order valence-corrected chi connectivity index (χ3v) is 2.00. The second-order valence-electron chi connectivity index (χ2n) is 3.11. The van der Waals surface area contributed by atoms with Crippen molar-refractivity contribution < 1.29 is 4.79 Å². The number of rotatable bonds is 4. The Kier molecular flexibility index (Phi) is 4.12. The molecule has 0 radical (unpaired) electrons. The molecule has 0 bridgehead atoms. The molecule has 86 valence electrons. The Bertz CT molecular complexity index is 420. The van der Waals surface area contributed by atoms with Gasteiger partial charge in [0.2, 0.25) is 11.9 Å². The molecule has 7 heteroatoms. The number of amides is 1. The van der Waals surface area contributed by atoms with Crippen LogP contribution < -0.4 is 16.4 Å². The van der Waals surface area contributed by atoms with Crippen molar-refractivity contribution in [2.75, 3.05) is 18.9 Å². The molecule has 0 spiro atoms. The van der Waals surface area contributed by atoms with Crippen LogP contribution in [0.25, 0.3) is 0 Å². The van der Waals surface area contributed by atoms with Crippen molar-refractivity contribution in [3.05, 3.63) is 17.5 Å². The van der Waals surface area contributed by atoms with Gasteiger partial charge in [-0.15, -0.1) is 0 Å². The van der Waals surface area contributed by atoms with Crippen LogP contribution in [0.5, 0.6) is 0 Å². The monoisotopic (exact) mass is 239 g/mol. The molecule has 0 saturated carbocycles. The van der Waals surface area contributed by atoms with Crippen molar-refractivity contribution in [1.29, 1.82) is 0 Å². The summed E-state index contributed by atoms with van der Waals surface area (Å²) in [5.41, 5.74) is 6.69. The number of thiocarbonyl (C=S) groups is 1. The van der Waals surface area contributed by atoms with E-state index in [9.17, 15) is 4.79 Å². The zero-order valence-electron chi connectivity index (χ0n) is 9.07. The number of carbonyl (C=O) groups is 1. The molecule has 0 saturated heterocycles. The molecule has 1 aromatic rings. The highest BCUT2D eigenvalue weighted by atomic mass is 32.1. The Balaban J connectivity index is 2.80. The Morgan fingerprint density at radius 2 is 2.25 bits per heavy atom. The number of nitrogens with two attached hydrogens (primary N) is 1. The molecule has 4 N–H and O–H groups in total. The van der Waals surface area contributed by atoms with E-state index < -0.39 is 0 Å². The van der Waals surface area contributed by atoms with Crippen LogP contribution in [0.2, 0.25) is 0 Å². The standard InChI is InChI=1S/C9H13N5OS/c1-5-3-6(8(10)16)14-9(13-5)12-4-7(15)11-2/h3H,4H2,1-2H3,(H2,10,16)(H,11,15)(H,12,13,14). The summed E-state index contributed by atoms with van der Waals surface area (Å²) < 4.78 is 0. The maximum Gasteiger partial charge on any atom is 0.239 e. The molecule has 16 heavy (non-hydrogen) atoms. The summed E-state index contributed by atoms with van der Waals surface area (Å²) >= 11 is 4.82. The first-order valence-electron chi connectivity index (χ1n) is 4.63. The fourth-order valence-electron chi connectivity index (χ4n) is 1.02. The fraction of sp³-hybridized carbons (Fsp3) is 0.333. The van der Waals surface area contributed by atoms with Gasteiger partial charge in [-0.2, -0.15) is 0 Å². The Morgan fingerprint density at radius 1 is 1.56 bits per heavy atom. The number of likely N-dealkylation sites (N-methyl/N-ethyl adjacent to an activating group) is 1. The zero-order chi connectivity index (χ0) is 12.1. The van der Waals surface area contributed by atoms with Crippen molar-refractivity contribution in [1.82, 2.24) is 15.3 Å². The molecule has 1 rings (SSSR count). The van der Waals surface area contributed by atoms with E-state index in [-0.39, 0.29) is 17.4 Å². The lowest BCUT2D eigenvalue weighted by atomic mass is 10.3. The Hall–Kier alpha value is -1.76. The Morgan fingerprint density at radius 3 is 2.81 bits per heavy atom. The van der Waals surface area contributed by atoms with Crippen LogP contribution in [0.15, 0.2) is 6.07 Å². The van der Waals surface area contributed by atoms with Crippen molar-refractivity contribution in [2.24, 2.45) is 5.73 Å². The van der Waals surface area contributed by atoms with Crippen molar-refractivity contribution in [3.8, 4) is 0 Å². The van der Waals surface area contributed by atoms with Gasteiger partial charge in [-0.05, 0) is 13.0 Å². The van der Waals surface area contributed by atoms with Gasteiger partial charge in [-0.1, -0.05) is 12.2 Å². The minimum absolute atomic E-state index is 0.108. The molecule has 0 aromatic carbocycles. The minimum atomic E-state index is -0.151. The second kappa shape index (κ2) is 5.36. The molecule has 1 amide bonds. The van der Waals surface area contributed by atoms with Gasteiger partial charge in [0.25, 0.3) is 0 Å². The molecule has 1 aromatic heterocycles. The van der Waals surface area contributed by atoms with Gasteiger partial charge < -0.3 is 16.4 Å². The minimum Gasteiger partial charge on any atom is -0.388 e. The maximum absolute atomic E-state index is 11.0. The highest BCUT2D eigenvalue weighted by Gasteiger charge is 2.05. The molecule has 0 atom stereocenters. The van der Waals surface area contributed by atoms with Crippen molar-refractivity contribution >= 4 is 29.1 Å². The van der Waals surface area contributed by atoms with E-state index in [0.717, 1.165) is 5.69 Å². The number of nitrogens with zero attached hydrogens (tertiary/aromatic N) is 2. The molecule has 0 fully saturated rings. The predicted octanol–water partition coefficient (Wildman–Crippen LogP) is -0.423. The molecule has 6 nitrogen and oxygen atoms in total. The van der Waals surface area contributed by atoms with E-state index in [1.807, 2.05) is 0 Å². The summed E-state index contributed by atoms with van der Waals surface area (Å²) in [6.07, 6.45) is 0. The van der Waals surface area contributed by atoms with Gasteiger partial charge in [0, 0.05) is 12.7 Å². The van der Waals surface area contributed by atoms with E-state index in [2.05, 4.69) is 20.6 Å². The first-order chi connectivity index (χ1) is 7.52. The average Bonchev–Trinajstić information content (AvgIpc) is 2.25. The van der Waals surface area contributed by atoms with E-state index in [1.54, 1.807) is 20.0 Å². The first-order valence-corrected chi connectivity index (χ1v) is 5.03. The van der Waals surface area contributed by atoms with Crippen LogP contribution >= 0.6 is 12.2 Å². The highest BCUT2D eigenvalue weighted by molar-refractivity contribution is 7.80. The molecular weight excluding hydrogens is 226 g/mol. The quantitative estimate of drug-likeness (QED) is 0.618. The number of nitrogens with one attached hydrogen (secondary N) is 2. The topological polar surface area (TPSA) is 92.9 Å². The van der Waals surface area contributed by atoms with E-state index in [1.165, 1.54) is 0 Å². The smallest absolute Gasteiger partial charge is 0.239 e. The summed E-state index contributed by atoms with van der Waals surface area (Å²) in [7, 11) is 1.56. The maximum atomic E-state index is 11.0. The summed E-state index contributed by atoms with van der Waals surface area (Å²) in [5, 5.41) is 5.26. The SMILES string of the molecule is CNC(=O)CNc1nc(C)cc(C(N)=S)n1. The number of anilines is 1. The third kappa shape index (κ3) is 3.43. The summed E-state index contributed by atoms with van der Waals surface area (Å²) in [6, 6.07) is 1.69. The van der Waals surface area contributed by atoms with Gasteiger partial charge in [-0.25, -0.2) is 9.97 Å². The zero-order valence-corrected chi connectivity index (χ0v) is 9.89. The number of aryl methyl sites for hydroxylation is 1. The summed E-state index contributed by atoms with van der Waals surface area (Å²) in [4.78, 5) is 19.4. The lowest BCUT2D eigenvalue weighted by Crippen LogP contribution is -2.27. The molecule has 0 unspecified atom stereocenters. The van der Waals surface area contributed by atoms with Gasteiger partial charge in [0.1, 0.15) is 10.7 Å². The summed E-state index contributed by atoms with van der Waals surface area (Å²) in [5.74, 6) is 0.188. The van der Waals surface area contributed by atoms with Crippen LogP contribution in [0.3, 0.4) is 0 Å². The van der Waals surface area contributed by atoms with Crippen LogP contribution in [-0.2, 0) is 4.79 Å². The molecule has 1 heterocycles. The number of hydrogen-bond donors (Lipinski definition) is 3. The third-order valence-electron chi connectivity index (χ3n) is 1.79. The fourth-order valence-corrected chi connectivity index (χ4v) is 1.13. The summed E-state index contributed by atoms with van der Waals surface area (Å²) in [6.45, 7) is 1.91. The number of carbonyl (C=O) groups excluding carboxylic acids is 1.